The van der Waals surface area contributed by atoms with Crippen LogP contribution in [0.5, 0.6) is 0 Å². The van der Waals surface area contributed by atoms with Crippen molar-refractivity contribution in [3.8, 4) is 0 Å². The topological polar surface area (TPSA) is 112 Å². The predicted molar refractivity (Wildman–Crippen MR) is 115 cm³/mol. The Hall–Kier alpha value is -2.94. The second-order valence-electron chi connectivity index (χ2n) is 7.09. The number of nitrogens with one attached hydrogen (secondary N) is 1. The fraction of sp³-hybridized carbons (Fsp3) is 0.450. The van der Waals surface area contributed by atoms with Gasteiger partial charge in [-0.15, -0.1) is 10.2 Å². The van der Waals surface area contributed by atoms with E-state index in [1.54, 1.807) is 6.07 Å². The highest BCUT2D eigenvalue weighted by Gasteiger charge is 2.22. The van der Waals surface area contributed by atoms with E-state index in [4.69, 9.17) is 11.6 Å². The number of rotatable bonds is 7. The smallest absolute Gasteiger partial charge is 0.339 e. The largest absolute Gasteiger partial charge is 0.478 e. The Morgan fingerprint density at radius 1 is 1.17 bits per heavy atom. The summed E-state index contributed by atoms with van der Waals surface area (Å²) in [5, 5.41) is 20.8. The molecule has 2 aromatic rings. The van der Waals surface area contributed by atoms with Gasteiger partial charge in [-0.3, -0.25) is 4.79 Å². The van der Waals surface area contributed by atoms with Gasteiger partial charge in [0.15, 0.2) is 11.0 Å². The molecule has 30 heavy (non-hydrogen) atoms. The summed E-state index contributed by atoms with van der Waals surface area (Å²) in [7, 11) is 0. The maximum absolute atomic E-state index is 12.0. The monoisotopic (exact) mass is 432 g/mol. The first-order chi connectivity index (χ1) is 14.5. The number of carbonyl (C=O) groups excluding carboxylic acids is 1. The summed E-state index contributed by atoms with van der Waals surface area (Å²) in [5.41, 5.74) is 0.466. The molecule has 1 saturated heterocycles. The SMILES string of the molecule is CCCCC(=O)Nc1cnc(N2CCCN(c3ccc(Cl)nn3)CC2)c(C(=O)O)c1. The van der Waals surface area contributed by atoms with E-state index in [-0.39, 0.29) is 11.5 Å². The first-order valence-electron chi connectivity index (χ1n) is 10.00. The van der Waals surface area contributed by atoms with E-state index in [0.29, 0.717) is 42.7 Å². The van der Waals surface area contributed by atoms with Gasteiger partial charge in [-0.05, 0) is 31.0 Å². The fourth-order valence-corrected chi connectivity index (χ4v) is 3.43. The molecule has 1 aliphatic heterocycles. The third-order valence-electron chi connectivity index (χ3n) is 4.88. The Labute approximate surface area is 180 Å². The maximum Gasteiger partial charge on any atom is 0.339 e. The van der Waals surface area contributed by atoms with Crippen LogP contribution in [0.25, 0.3) is 0 Å². The third-order valence-corrected chi connectivity index (χ3v) is 5.08. The Balaban J connectivity index is 1.73. The molecule has 0 atom stereocenters. The number of anilines is 3. The van der Waals surface area contributed by atoms with Gasteiger partial charge >= 0.3 is 5.97 Å². The molecule has 0 aliphatic carbocycles. The highest BCUT2D eigenvalue weighted by Crippen LogP contribution is 2.24. The summed E-state index contributed by atoms with van der Waals surface area (Å²) in [5.74, 6) is -0.0834. The van der Waals surface area contributed by atoms with E-state index in [2.05, 4.69) is 25.4 Å². The van der Waals surface area contributed by atoms with Gasteiger partial charge in [-0.25, -0.2) is 9.78 Å². The van der Waals surface area contributed by atoms with Crippen molar-refractivity contribution in [2.75, 3.05) is 41.3 Å². The van der Waals surface area contributed by atoms with E-state index >= 15 is 0 Å². The van der Waals surface area contributed by atoms with Gasteiger partial charge in [-0.2, -0.15) is 0 Å². The zero-order valence-electron chi connectivity index (χ0n) is 16.8. The minimum atomic E-state index is -1.08. The molecule has 0 radical (unpaired) electrons. The number of halogens is 1. The normalized spacial score (nSPS) is 14.3. The fourth-order valence-electron chi connectivity index (χ4n) is 3.33. The number of unbranched alkanes of at least 4 members (excludes halogenated alkanes) is 1. The van der Waals surface area contributed by atoms with Crippen molar-refractivity contribution >= 4 is 40.8 Å². The summed E-state index contributed by atoms with van der Waals surface area (Å²) in [6.45, 7) is 4.66. The van der Waals surface area contributed by atoms with Crippen molar-refractivity contribution in [3.05, 3.63) is 35.1 Å². The van der Waals surface area contributed by atoms with Gasteiger partial charge in [0.05, 0.1) is 11.9 Å². The molecule has 0 unspecified atom stereocenters. The lowest BCUT2D eigenvalue weighted by molar-refractivity contribution is -0.116. The zero-order valence-corrected chi connectivity index (χ0v) is 17.6. The van der Waals surface area contributed by atoms with E-state index < -0.39 is 5.97 Å². The predicted octanol–water partition coefficient (Wildman–Crippen LogP) is 3.07. The van der Waals surface area contributed by atoms with E-state index in [1.165, 1.54) is 12.3 Å². The van der Waals surface area contributed by atoms with Gasteiger partial charge in [0.2, 0.25) is 5.91 Å². The number of hydrogen-bond donors (Lipinski definition) is 2. The molecule has 9 nitrogen and oxygen atoms in total. The lowest BCUT2D eigenvalue weighted by atomic mass is 10.2. The zero-order chi connectivity index (χ0) is 21.5. The second-order valence-corrected chi connectivity index (χ2v) is 7.48. The lowest BCUT2D eigenvalue weighted by Crippen LogP contribution is -2.32. The molecular weight excluding hydrogens is 408 g/mol. The number of hydrogen-bond acceptors (Lipinski definition) is 7. The number of carboxylic acid groups (broad SMARTS) is 1. The summed E-state index contributed by atoms with van der Waals surface area (Å²) in [4.78, 5) is 32.2. The summed E-state index contributed by atoms with van der Waals surface area (Å²) in [6.07, 6.45) is 4.42. The van der Waals surface area contributed by atoms with E-state index in [0.717, 1.165) is 31.6 Å². The van der Waals surface area contributed by atoms with Gasteiger partial charge in [-0.1, -0.05) is 24.9 Å². The molecular formula is C20H25ClN6O3. The lowest BCUT2D eigenvalue weighted by Gasteiger charge is -2.24. The van der Waals surface area contributed by atoms with Crippen LogP contribution in [0, 0.1) is 0 Å². The van der Waals surface area contributed by atoms with Gasteiger partial charge in [0.25, 0.3) is 0 Å². The van der Waals surface area contributed by atoms with Crippen LogP contribution < -0.4 is 15.1 Å². The van der Waals surface area contributed by atoms with Crippen LogP contribution in [-0.4, -0.2) is 58.3 Å². The number of pyridine rings is 1. The van der Waals surface area contributed by atoms with E-state index in [9.17, 15) is 14.7 Å². The number of aromatic nitrogens is 3. The third kappa shape index (κ3) is 5.56. The van der Waals surface area contributed by atoms with E-state index in [1.807, 2.05) is 17.9 Å². The van der Waals surface area contributed by atoms with Crippen LogP contribution in [0.15, 0.2) is 24.4 Å². The molecule has 2 aromatic heterocycles. The Kier molecular flexibility index (Phi) is 7.40. The van der Waals surface area contributed by atoms with Crippen molar-refractivity contribution in [3.63, 3.8) is 0 Å². The van der Waals surface area contributed by atoms with Crippen LogP contribution in [0.2, 0.25) is 5.15 Å². The van der Waals surface area contributed by atoms with Crippen molar-refractivity contribution in [1.82, 2.24) is 15.2 Å². The minimum Gasteiger partial charge on any atom is -0.478 e. The molecule has 0 bridgehead atoms. The van der Waals surface area contributed by atoms with Crippen LogP contribution in [0.4, 0.5) is 17.3 Å². The highest BCUT2D eigenvalue weighted by molar-refractivity contribution is 6.29. The molecule has 3 rings (SSSR count). The maximum atomic E-state index is 12.0. The Morgan fingerprint density at radius 2 is 1.93 bits per heavy atom. The minimum absolute atomic E-state index is 0.0722. The number of amides is 1. The molecule has 10 heteroatoms. The average Bonchev–Trinajstić information content (AvgIpc) is 2.99. The molecule has 1 aliphatic rings. The molecule has 2 N–H and O–H groups in total. The quantitative estimate of drug-likeness (QED) is 0.686. The average molecular weight is 433 g/mol. The first-order valence-corrected chi connectivity index (χ1v) is 10.4. The number of carbonyl (C=O) groups is 2. The Morgan fingerprint density at radius 3 is 2.63 bits per heavy atom. The molecule has 0 spiro atoms. The second kappa shape index (κ2) is 10.2. The van der Waals surface area contributed by atoms with Crippen molar-refractivity contribution in [2.24, 2.45) is 0 Å². The standard InChI is InChI=1S/C20H25ClN6O3/c1-2-3-5-18(28)23-14-12-15(20(29)30)19(22-13-14)27-9-4-8-26(10-11-27)17-7-6-16(21)24-25-17/h6-7,12-13H,2-5,8-11H2,1H3,(H,23,28)(H,29,30). The molecule has 0 aromatic carbocycles. The summed E-state index contributed by atoms with van der Waals surface area (Å²) >= 11 is 5.81. The molecule has 3 heterocycles. The highest BCUT2D eigenvalue weighted by atomic mass is 35.5. The van der Waals surface area contributed by atoms with Gasteiger partial charge in [0, 0.05) is 32.6 Å². The van der Waals surface area contributed by atoms with Crippen LogP contribution in [0.1, 0.15) is 43.0 Å². The molecule has 1 amide bonds. The number of nitrogens with zero attached hydrogens (tertiary/aromatic N) is 5. The first kappa shape index (κ1) is 21.8. The summed E-state index contributed by atoms with van der Waals surface area (Å²) < 4.78 is 0. The molecule has 0 saturated carbocycles. The van der Waals surface area contributed by atoms with Crippen molar-refractivity contribution < 1.29 is 14.7 Å². The van der Waals surface area contributed by atoms with Crippen molar-refractivity contribution in [2.45, 2.75) is 32.6 Å². The van der Waals surface area contributed by atoms with Crippen molar-refractivity contribution in [1.29, 1.82) is 0 Å². The van der Waals surface area contributed by atoms with Gasteiger partial charge in [0.1, 0.15) is 11.4 Å². The number of aromatic carboxylic acids is 1. The van der Waals surface area contributed by atoms with Crippen LogP contribution >= 0.6 is 11.6 Å². The van der Waals surface area contributed by atoms with Gasteiger partial charge < -0.3 is 20.2 Å². The molecule has 1 fully saturated rings. The number of carboxylic acids is 1. The van der Waals surface area contributed by atoms with Crippen LogP contribution in [-0.2, 0) is 4.79 Å². The summed E-state index contributed by atoms with van der Waals surface area (Å²) in [6, 6.07) is 4.99. The molecule has 160 valence electrons. The Bertz CT molecular complexity index is 893. The van der Waals surface area contributed by atoms with Crippen LogP contribution in [0.3, 0.4) is 0 Å².